The van der Waals surface area contributed by atoms with Crippen LogP contribution in [0.25, 0.3) is 0 Å². The van der Waals surface area contributed by atoms with E-state index in [4.69, 9.17) is 5.73 Å². The van der Waals surface area contributed by atoms with Gasteiger partial charge in [-0.05, 0) is 52.9 Å². The maximum absolute atomic E-state index is 13.1. The highest BCUT2D eigenvalue weighted by atomic mass is 79.9. The van der Waals surface area contributed by atoms with E-state index in [1.807, 2.05) is 0 Å². The van der Waals surface area contributed by atoms with Gasteiger partial charge in [0.15, 0.2) is 0 Å². The second-order valence-corrected chi connectivity index (χ2v) is 6.33. The van der Waals surface area contributed by atoms with Crippen LogP contribution in [-0.2, 0) is 11.2 Å². The molecular formula is C15H21BrClFN2O. The minimum Gasteiger partial charge on any atom is -0.354 e. The van der Waals surface area contributed by atoms with Crippen molar-refractivity contribution in [3.63, 3.8) is 0 Å². The summed E-state index contributed by atoms with van der Waals surface area (Å²) < 4.78 is 13.6. The van der Waals surface area contributed by atoms with Gasteiger partial charge in [-0.15, -0.1) is 12.4 Å². The monoisotopic (exact) mass is 378 g/mol. The fourth-order valence-electron chi connectivity index (χ4n) is 2.60. The van der Waals surface area contributed by atoms with Gasteiger partial charge in [-0.25, -0.2) is 4.39 Å². The molecule has 1 aliphatic rings. The normalized spacial score (nSPS) is 16.9. The predicted octanol–water partition coefficient (Wildman–Crippen LogP) is 3.33. The molecule has 0 bridgehead atoms. The van der Waals surface area contributed by atoms with E-state index in [9.17, 15) is 9.18 Å². The van der Waals surface area contributed by atoms with Gasteiger partial charge < -0.3 is 11.1 Å². The van der Waals surface area contributed by atoms with Crippen molar-refractivity contribution in [2.45, 2.75) is 44.1 Å². The molecular weight excluding hydrogens is 359 g/mol. The van der Waals surface area contributed by atoms with Gasteiger partial charge in [-0.2, -0.15) is 0 Å². The maximum Gasteiger partial charge on any atom is 0.240 e. The molecule has 1 saturated carbocycles. The lowest BCUT2D eigenvalue weighted by molar-refractivity contribution is -0.127. The van der Waals surface area contributed by atoms with Crippen LogP contribution in [0.3, 0.4) is 0 Å². The average Bonchev–Trinajstić information content (AvgIpc) is 2.43. The highest BCUT2D eigenvalue weighted by Gasteiger charge is 2.34. The summed E-state index contributed by atoms with van der Waals surface area (Å²) >= 11 is 3.16. The third-order valence-corrected chi connectivity index (χ3v) is 4.49. The van der Waals surface area contributed by atoms with Crippen LogP contribution < -0.4 is 11.1 Å². The minimum absolute atomic E-state index is 0. The molecule has 2 rings (SSSR count). The summed E-state index contributed by atoms with van der Waals surface area (Å²) in [5.41, 5.74) is 6.44. The first kappa shape index (κ1) is 18.4. The van der Waals surface area contributed by atoms with Crippen molar-refractivity contribution in [2.75, 3.05) is 6.54 Å². The molecule has 1 aliphatic carbocycles. The van der Waals surface area contributed by atoms with Gasteiger partial charge in [0.1, 0.15) is 5.82 Å². The first-order chi connectivity index (χ1) is 9.51. The number of amides is 1. The van der Waals surface area contributed by atoms with Crippen molar-refractivity contribution in [2.24, 2.45) is 5.73 Å². The van der Waals surface area contributed by atoms with Gasteiger partial charge in [-0.1, -0.05) is 25.3 Å². The van der Waals surface area contributed by atoms with E-state index in [0.29, 0.717) is 17.4 Å². The molecule has 0 aromatic heterocycles. The highest BCUT2D eigenvalue weighted by molar-refractivity contribution is 9.10. The Morgan fingerprint density at radius 1 is 1.33 bits per heavy atom. The largest absolute Gasteiger partial charge is 0.354 e. The summed E-state index contributed by atoms with van der Waals surface area (Å²) in [6, 6.07) is 4.89. The molecule has 0 saturated heterocycles. The molecule has 21 heavy (non-hydrogen) atoms. The summed E-state index contributed by atoms with van der Waals surface area (Å²) in [6.45, 7) is 0.524. The van der Waals surface area contributed by atoms with Gasteiger partial charge in [0.05, 0.1) is 10.0 Å². The number of benzene rings is 1. The van der Waals surface area contributed by atoms with Gasteiger partial charge >= 0.3 is 0 Å². The van der Waals surface area contributed by atoms with Crippen LogP contribution in [-0.4, -0.2) is 18.0 Å². The van der Waals surface area contributed by atoms with Crippen LogP contribution in [0.2, 0.25) is 0 Å². The number of hydrogen-bond acceptors (Lipinski definition) is 2. The van der Waals surface area contributed by atoms with Crippen molar-refractivity contribution < 1.29 is 9.18 Å². The molecule has 3 N–H and O–H groups in total. The van der Waals surface area contributed by atoms with E-state index < -0.39 is 5.54 Å². The Morgan fingerprint density at radius 3 is 2.62 bits per heavy atom. The fraction of sp³-hybridized carbons (Fsp3) is 0.533. The van der Waals surface area contributed by atoms with E-state index in [2.05, 4.69) is 21.2 Å². The molecule has 0 aliphatic heterocycles. The number of rotatable bonds is 4. The second-order valence-electron chi connectivity index (χ2n) is 5.47. The summed E-state index contributed by atoms with van der Waals surface area (Å²) in [4.78, 5) is 12.1. The molecule has 1 aromatic rings. The highest BCUT2D eigenvalue weighted by Crippen LogP contribution is 2.26. The topological polar surface area (TPSA) is 55.1 Å². The number of nitrogens with one attached hydrogen (secondary N) is 1. The van der Waals surface area contributed by atoms with Crippen LogP contribution in [0.1, 0.15) is 37.7 Å². The second kappa shape index (κ2) is 8.11. The summed E-state index contributed by atoms with van der Waals surface area (Å²) in [6.07, 6.45) is 5.40. The predicted molar refractivity (Wildman–Crippen MR) is 88.1 cm³/mol. The van der Waals surface area contributed by atoms with E-state index in [0.717, 1.165) is 37.7 Å². The molecule has 118 valence electrons. The van der Waals surface area contributed by atoms with Crippen LogP contribution >= 0.6 is 28.3 Å². The Bertz CT molecular complexity index is 493. The maximum atomic E-state index is 13.1. The molecule has 3 nitrogen and oxygen atoms in total. The van der Waals surface area contributed by atoms with E-state index in [1.54, 1.807) is 12.1 Å². The fourth-order valence-corrected chi connectivity index (χ4v) is 3.03. The zero-order valence-corrected chi connectivity index (χ0v) is 14.2. The molecule has 0 unspecified atom stereocenters. The van der Waals surface area contributed by atoms with E-state index in [1.165, 1.54) is 6.07 Å². The molecule has 1 fully saturated rings. The number of halogens is 3. The van der Waals surface area contributed by atoms with Crippen LogP contribution in [0, 0.1) is 5.82 Å². The van der Waals surface area contributed by atoms with Gasteiger partial charge in [0, 0.05) is 6.54 Å². The summed E-state index contributed by atoms with van der Waals surface area (Å²) in [5.74, 6) is -0.334. The Morgan fingerprint density at radius 2 is 2.00 bits per heavy atom. The number of nitrogens with two attached hydrogens (primary N) is 1. The standard InChI is InChI=1S/C15H20BrFN2O.ClH/c16-12-10-11(4-5-13(12)17)6-9-19-14(20)15(18)7-2-1-3-8-15;/h4-5,10H,1-3,6-9,18H2,(H,19,20);1H. The average molecular weight is 380 g/mol. The number of carbonyl (C=O) groups is 1. The quantitative estimate of drug-likeness (QED) is 0.843. The zero-order chi connectivity index (χ0) is 14.6. The Hall–Kier alpha value is -0.650. The molecule has 6 heteroatoms. The summed E-state index contributed by atoms with van der Waals surface area (Å²) in [5, 5.41) is 2.90. The van der Waals surface area contributed by atoms with E-state index >= 15 is 0 Å². The third kappa shape index (κ3) is 4.94. The molecule has 0 atom stereocenters. The van der Waals surface area contributed by atoms with Crippen LogP contribution in [0.5, 0.6) is 0 Å². The van der Waals surface area contributed by atoms with E-state index in [-0.39, 0.29) is 24.1 Å². The van der Waals surface area contributed by atoms with Crippen LogP contribution in [0.4, 0.5) is 4.39 Å². The van der Waals surface area contributed by atoms with Gasteiger partial charge in [0.2, 0.25) is 5.91 Å². The van der Waals surface area contributed by atoms with Gasteiger partial charge in [0.25, 0.3) is 0 Å². The Kier molecular flexibility index (Phi) is 7.10. The van der Waals surface area contributed by atoms with Crippen molar-refractivity contribution >= 4 is 34.2 Å². The summed E-state index contributed by atoms with van der Waals surface area (Å²) in [7, 11) is 0. The van der Waals surface area contributed by atoms with Crippen molar-refractivity contribution in [3.05, 3.63) is 34.1 Å². The molecule has 0 heterocycles. The van der Waals surface area contributed by atoms with Crippen molar-refractivity contribution in [1.29, 1.82) is 0 Å². The molecule has 0 radical (unpaired) electrons. The van der Waals surface area contributed by atoms with Crippen LogP contribution in [0.15, 0.2) is 22.7 Å². The Balaban J connectivity index is 0.00000220. The Labute approximate surface area is 139 Å². The first-order valence-corrected chi connectivity index (χ1v) is 7.82. The lowest BCUT2D eigenvalue weighted by Crippen LogP contribution is -2.55. The number of hydrogen-bond donors (Lipinski definition) is 2. The van der Waals surface area contributed by atoms with Crippen molar-refractivity contribution in [1.82, 2.24) is 5.32 Å². The zero-order valence-electron chi connectivity index (χ0n) is 11.8. The molecule has 1 aromatic carbocycles. The van der Waals surface area contributed by atoms with Crippen molar-refractivity contribution in [3.8, 4) is 0 Å². The molecule has 1 amide bonds. The number of carbonyl (C=O) groups excluding carboxylic acids is 1. The SMILES string of the molecule is Cl.NC1(C(=O)NCCc2ccc(F)c(Br)c2)CCCCC1. The lowest BCUT2D eigenvalue weighted by atomic mass is 9.82. The van der Waals surface area contributed by atoms with Gasteiger partial charge in [-0.3, -0.25) is 4.79 Å². The third-order valence-electron chi connectivity index (χ3n) is 3.88. The molecule has 0 spiro atoms. The smallest absolute Gasteiger partial charge is 0.240 e. The first-order valence-electron chi connectivity index (χ1n) is 7.02. The minimum atomic E-state index is -0.693. The lowest BCUT2D eigenvalue weighted by Gasteiger charge is -2.31.